The minimum atomic E-state index is -0.543. The van der Waals surface area contributed by atoms with Gasteiger partial charge in [0.25, 0.3) is 0 Å². The Morgan fingerprint density at radius 3 is 0.554 bits per heavy atom. The quantitative estimate of drug-likeness (QED) is 0.0199. The molecule has 0 aliphatic carbocycles. The summed E-state index contributed by atoms with van der Waals surface area (Å²) in [7, 11) is 0. The van der Waals surface area contributed by atoms with Crippen LogP contribution < -0.4 is 37.9 Å². The van der Waals surface area contributed by atoms with Gasteiger partial charge in [0, 0.05) is 11.1 Å². The van der Waals surface area contributed by atoms with Crippen LogP contribution in [0.25, 0.3) is 34.7 Å². The second-order valence-corrected chi connectivity index (χ2v) is 37.7. The number of rotatable bonds is 91. The number of unbranched alkanes of at least 4 members (excludes halogenated alkanes) is 66. The molecule has 6 rings (SSSR count). The standard InChI is InChI=1S/C114H186N4O12/c1-7-13-19-25-31-37-43-49-55-61-67-73-87-121-103-93-99(94-104(122-88-74-68-62-56-50-44-38-32-26-20-14-8-2)107(103)125-91-77-71-65-59-53-47-41-35-29-23-17-11-5)113(119)127-101-83-79-97(80-84-101)109-115-117-111(129-109)112-118-116-110(130-112)98-81-85-102(86-82-98)128-114(120)100-95-105(123-89-75-69-63-57-51-45-39-33-27-21-15-9-3)108(126-92-78-72-66-60-54-48-42-36-30-24-18-12-6)106(96-100)124-90-76-70-64-58-52-46-40-34-28-22-16-10-4/h79-86,93-96H,7-78,87-92H2,1-6H3. The number of ether oxygens (including phenoxy) is 8. The summed E-state index contributed by atoms with van der Waals surface area (Å²) in [4.78, 5) is 28.9. The van der Waals surface area contributed by atoms with Crippen molar-refractivity contribution in [3.05, 3.63) is 83.9 Å². The number of carbonyl (C=O) groups excluding carboxylic acids is 2. The number of carbonyl (C=O) groups is 2. The maximum absolute atomic E-state index is 14.4. The van der Waals surface area contributed by atoms with E-state index >= 15 is 0 Å². The van der Waals surface area contributed by atoms with E-state index < -0.39 is 11.9 Å². The average molecular weight is 1800 g/mol. The van der Waals surface area contributed by atoms with Crippen molar-refractivity contribution < 1.29 is 56.3 Å². The molecule has 0 unspecified atom stereocenters. The predicted octanol–water partition coefficient (Wildman–Crippen LogP) is 36.4. The Bertz CT molecular complexity index is 3310. The summed E-state index contributed by atoms with van der Waals surface area (Å²) < 4.78 is 64.6. The van der Waals surface area contributed by atoms with Crippen molar-refractivity contribution in [2.45, 2.75) is 504 Å². The lowest BCUT2D eigenvalue weighted by atomic mass is 10.1. The zero-order valence-corrected chi connectivity index (χ0v) is 83.8. The molecule has 16 nitrogen and oxygen atoms in total. The van der Waals surface area contributed by atoms with Crippen molar-refractivity contribution in [2.24, 2.45) is 0 Å². The van der Waals surface area contributed by atoms with E-state index in [9.17, 15) is 9.59 Å². The summed E-state index contributed by atoms with van der Waals surface area (Å²) in [5.74, 6) is 3.21. The van der Waals surface area contributed by atoms with E-state index in [0.29, 0.717) is 108 Å². The van der Waals surface area contributed by atoms with E-state index in [1.54, 1.807) is 72.8 Å². The Morgan fingerprint density at radius 2 is 0.369 bits per heavy atom. The Hall–Kier alpha value is -7.10. The Balaban J connectivity index is 1.11. The van der Waals surface area contributed by atoms with Crippen LogP contribution in [-0.4, -0.2) is 72.0 Å². The molecular weight excluding hydrogens is 1620 g/mol. The molecule has 0 aliphatic rings. The summed E-state index contributed by atoms with van der Waals surface area (Å²) in [6.45, 7) is 16.8. The molecule has 0 aliphatic heterocycles. The largest absolute Gasteiger partial charge is 0.490 e. The van der Waals surface area contributed by atoms with Crippen LogP contribution in [0.3, 0.4) is 0 Å². The van der Waals surface area contributed by atoms with E-state index in [1.807, 2.05) is 0 Å². The van der Waals surface area contributed by atoms with Gasteiger partial charge in [0.2, 0.25) is 23.3 Å². The number of esters is 2. The maximum atomic E-state index is 14.4. The first-order valence-corrected chi connectivity index (χ1v) is 54.7. The van der Waals surface area contributed by atoms with Crippen LogP contribution in [-0.2, 0) is 0 Å². The number of aromatic nitrogens is 4. The van der Waals surface area contributed by atoms with Crippen molar-refractivity contribution in [3.63, 3.8) is 0 Å². The third-order valence-electron chi connectivity index (χ3n) is 25.7. The van der Waals surface area contributed by atoms with Crippen LogP contribution in [0, 0.1) is 0 Å². The van der Waals surface area contributed by atoms with Crippen molar-refractivity contribution in [1.82, 2.24) is 20.4 Å². The monoisotopic (exact) mass is 1800 g/mol. The van der Waals surface area contributed by atoms with Gasteiger partial charge in [0.1, 0.15) is 11.5 Å². The first kappa shape index (κ1) is 112. The van der Waals surface area contributed by atoms with E-state index in [-0.39, 0.29) is 23.6 Å². The summed E-state index contributed by atoms with van der Waals surface area (Å²) in [6, 6.07) is 21.0. The number of hydrogen-bond acceptors (Lipinski definition) is 16. The molecule has 0 atom stereocenters. The number of benzene rings is 4. The lowest BCUT2D eigenvalue weighted by Crippen LogP contribution is -2.12. The Kier molecular flexibility index (Phi) is 67.2. The molecule has 4 aromatic carbocycles. The molecule has 0 spiro atoms. The summed E-state index contributed by atoms with van der Waals surface area (Å²) in [5.41, 5.74) is 1.81. The zero-order chi connectivity index (χ0) is 91.9. The van der Waals surface area contributed by atoms with Gasteiger partial charge in [-0.15, -0.1) is 20.4 Å². The van der Waals surface area contributed by atoms with Gasteiger partial charge in [-0.2, -0.15) is 0 Å². The van der Waals surface area contributed by atoms with Gasteiger partial charge in [-0.05, 0) is 111 Å². The molecular formula is C114H186N4O12. The summed E-state index contributed by atoms with van der Waals surface area (Å²) in [6.07, 6.45) is 90.5. The van der Waals surface area contributed by atoms with Crippen LogP contribution >= 0.6 is 0 Å². The van der Waals surface area contributed by atoms with Crippen molar-refractivity contribution in [1.29, 1.82) is 0 Å². The van der Waals surface area contributed by atoms with E-state index in [4.69, 9.17) is 46.7 Å². The molecule has 6 aromatic rings. The summed E-state index contributed by atoms with van der Waals surface area (Å²) in [5, 5.41) is 17.3. The van der Waals surface area contributed by atoms with E-state index in [1.165, 1.54) is 385 Å². The van der Waals surface area contributed by atoms with Gasteiger partial charge in [-0.3, -0.25) is 0 Å². The van der Waals surface area contributed by atoms with Gasteiger partial charge >= 0.3 is 23.7 Å². The summed E-state index contributed by atoms with van der Waals surface area (Å²) >= 11 is 0. The molecule has 130 heavy (non-hydrogen) atoms. The second-order valence-electron chi connectivity index (χ2n) is 37.7. The zero-order valence-electron chi connectivity index (χ0n) is 83.8. The van der Waals surface area contributed by atoms with Crippen LogP contribution in [0.15, 0.2) is 81.6 Å². The molecule has 0 saturated carbocycles. The highest BCUT2D eigenvalue weighted by Crippen LogP contribution is 2.43. The molecule has 2 heterocycles. The molecule has 0 radical (unpaired) electrons. The minimum absolute atomic E-state index is 0.0283. The molecule has 734 valence electrons. The average Bonchev–Trinajstić information content (AvgIpc) is 1.49. The topological polar surface area (TPSA) is 186 Å². The SMILES string of the molecule is CCCCCCCCCCCCCCOc1cc(C(=O)Oc2ccc(-c3nnc(-c4nnc(-c5ccc(OC(=O)c6cc(OCCCCCCCCCCCCCC)c(OCCCCCCCCCCCCCC)c(OCCCCCCCCCCCCCC)c6)cc5)o4)o3)cc2)cc(OCCCCCCCCCCCCCC)c1OCCCCCCCCCCCCCC. The van der Waals surface area contributed by atoms with Gasteiger partial charge < -0.3 is 46.7 Å². The fraction of sp³-hybridized carbons (Fsp3) is 0.737. The van der Waals surface area contributed by atoms with Crippen LogP contribution in [0.5, 0.6) is 46.0 Å². The van der Waals surface area contributed by atoms with E-state index in [2.05, 4.69) is 61.9 Å². The molecule has 0 N–H and O–H groups in total. The first-order chi connectivity index (χ1) is 64.3. The minimum Gasteiger partial charge on any atom is -0.490 e. The highest BCUT2D eigenvalue weighted by molar-refractivity contribution is 5.93. The number of nitrogens with zero attached hydrogens (tertiary/aromatic N) is 4. The van der Waals surface area contributed by atoms with Crippen molar-refractivity contribution in [2.75, 3.05) is 39.6 Å². The fourth-order valence-corrected chi connectivity index (χ4v) is 17.4. The number of hydrogen-bond donors (Lipinski definition) is 0. The lowest BCUT2D eigenvalue weighted by Gasteiger charge is -2.19. The maximum Gasteiger partial charge on any atom is 0.343 e. The van der Waals surface area contributed by atoms with Crippen LogP contribution in [0.2, 0.25) is 0 Å². The van der Waals surface area contributed by atoms with Crippen LogP contribution in [0.1, 0.15) is 525 Å². The molecule has 0 bridgehead atoms. The van der Waals surface area contributed by atoms with Gasteiger partial charge in [0.15, 0.2) is 23.0 Å². The predicted molar refractivity (Wildman–Crippen MR) is 541 cm³/mol. The molecule has 0 fully saturated rings. The third kappa shape index (κ3) is 53.1. The normalized spacial score (nSPS) is 11.5. The Labute approximate surface area is 792 Å². The molecule has 16 heteroatoms. The van der Waals surface area contributed by atoms with Crippen molar-refractivity contribution in [3.8, 4) is 80.7 Å². The molecule has 0 amide bonds. The molecule has 0 saturated heterocycles. The highest BCUT2D eigenvalue weighted by Gasteiger charge is 2.25. The second kappa shape index (κ2) is 78.2. The molecule has 2 aromatic heterocycles. The van der Waals surface area contributed by atoms with Crippen molar-refractivity contribution >= 4 is 11.9 Å². The highest BCUT2D eigenvalue weighted by atomic mass is 16.6. The van der Waals surface area contributed by atoms with Gasteiger partial charge in [-0.1, -0.05) is 465 Å². The van der Waals surface area contributed by atoms with E-state index in [0.717, 1.165) is 77.0 Å². The Morgan fingerprint density at radius 1 is 0.208 bits per heavy atom. The third-order valence-corrected chi connectivity index (χ3v) is 25.7. The van der Waals surface area contributed by atoms with Crippen LogP contribution in [0.4, 0.5) is 0 Å². The van der Waals surface area contributed by atoms with Gasteiger partial charge in [-0.25, -0.2) is 9.59 Å². The lowest BCUT2D eigenvalue weighted by molar-refractivity contribution is 0.0724. The smallest absolute Gasteiger partial charge is 0.343 e. The first-order valence-electron chi connectivity index (χ1n) is 54.7. The fourth-order valence-electron chi connectivity index (χ4n) is 17.4. The van der Waals surface area contributed by atoms with Gasteiger partial charge in [0.05, 0.1) is 50.8 Å².